The fourth-order valence-electron chi connectivity index (χ4n) is 2.28. The van der Waals surface area contributed by atoms with E-state index in [-0.39, 0.29) is 19.1 Å². The van der Waals surface area contributed by atoms with Crippen LogP contribution >= 0.6 is 0 Å². The molecule has 1 amide bonds. The van der Waals surface area contributed by atoms with E-state index in [0.29, 0.717) is 18.8 Å². The van der Waals surface area contributed by atoms with Crippen LogP contribution in [0.3, 0.4) is 0 Å². The number of aryl methyl sites for hydroxylation is 2. The number of hydrogen-bond donors (Lipinski definition) is 2. The molecule has 0 bridgehead atoms. The van der Waals surface area contributed by atoms with Crippen LogP contribution in [0.25, 0.3) is 0 Å². The largest absolute Gasteiger partial charge is 0.468 e. The van der Waals surface area contributed by atoms with Crippen LogP contribution in [0.2, 0.25) is 0 Å². The zero-order chi connectivity index (χ0) is 15.4. The normalized spacial score (nSPS) is 19.3. The van der Waals surface area contributed by atoms with Crippen LogP contribution in [0.5, 0.6) is 0 Å². The van der Waals surface area contributed by atoms with Gasteiger partial charge >= 0.3 is 5.97 Å². The van der Waals surface area contributed by atoms with E-state index in [4.69, 9.17) is 9.47 Å². The highest BCUT2D eigenvalue weighted by molar-refractivity contribution is 5.93. The smallest absolute Gasteiger partial charge is 0.325 e. The second-order valence-electron chi connectivity index (χ2n) is 4.94. The number of carbonyl (C=O) groups is 2. The van der Waals surface area contributed by atoms with Crippen LogP contribution in [0.4, 0.5) is 5.69 Å². The number of nitrogens with zero attached hydrogens (tertiary/aromatic N) is 2. The second kappa shape index (κ2) is 6.68. The van der Waals surface area contributed by atoms with Crippen LogP contribution in [0.15, 0.2) is 0 Å². The molecular formula is C13H20N4O4. The monoisotopic (exact) mass is 296 g/mol. The van der Waals surface area contributed by atoms with Gasteiger partial charge in [0.2, 0.25) is 5.91 Å². The lowest BCUT2D eigenvalue weighted by Gasteiger charge is -2.32. The Kier molecular flexibility index (Phi) is 4.92. The van der Waals surface area contributed by atoms with E-state index in [9.17, 15) is 9.59 Å². The number of amides is 1. The molecule has 1 saturated heterocycles. The van der Waals surface area contributed by atoms with Gasteiger partial charge in [0, 0.05) is 6.54 Å². The SMILES string of the molecule is COC(=O)C1COCCN1CC(=O)Nc1c(C)n[nH]c1C. The highest BCUT2D eigenvalue weighted by atomic mass is 16.5. The van der Waals surface area contributed by atoms with Crippen molar-refractivity contribution in [3.8, 4) is 0 Å². The van der Waals surface area contributed by atoms with Crippen molar-refractivity contribution < 1.29 is 19.1 Å². The first-order chi connectivity index (χ1) is 10.0. The first-order valence-electron chi connectivity index (χ1n) is 6.74. The van der Waals surface area contributed by atoms with E-state index in [1.54, 1.807) is 4.90 Å². The number of methoxy groups -OCH3 is 1. The molecule has 1 unspecified atom stereocenters. The molecule has 0 aromatic carbocycles. The quantitative estimate of drug-likeness (QED) is 0.749. The highest BCUT2D eigenvalue weighted by Crippen LogP contribution is 2.16. The summed E-state index contributed by atoms with van der Waals surface area (Å²) in [5.41, 5.74) is 2.21. The van der Waals surface area contributed by atoms with Gasteiger partial charge in [-0.25, -0.2) is 0 Å². The minimum absolute atomic E-state index is 0.104. The van der Waals surface area contributed by atoms with E-state index >= 15 is 0 Å². The molecule has 2 heterocycles. The molecule has 1 aromatic heterocycles. The molecule has 2 N–H and O–H groups in total. The van der Waals surface area contributed by atoms with Crippen molar-refractivity contribution in [3.05, 3.63) is 11.4 Å². The molecule has 0 spiro atoms. The minimum atomic E-state index is -0.541. The number of ether oxygens (including phenoxy) is 2. The molecule has 0 radical (unpaired) electrons. The van der Waals surface area contributed by atoms with Crippen molar-refractivity contribution in [1.29, 1.82) is 0 Å². The van der Waals surface area contributed by atoms with Gasteiger partial charge in [0.05, 0.1) is 43.9 Å². The number of morpholine rings is 1. The summed E-state index contributed by atoms with van der Waals surface area (Å²) in [6.07, 6.45) is 0. The second-order valence-corrected chi connectivity index (χ2v) is 4.94. The summed E-state index contributed by atoms with van der Waals surface area (Å²) in [6.45, 7) is 4.99. The molecule has 21 heavy (non-hydrogen) atoms. The Morgan fingerprint density at radius 1 is 1.52 bits per heavy atom. The number of aromatic amines is 1. The van der Waals surface area contributed by atoms with Crippen molar-refractivity contribution in [2.45, 2.75) is 19.9 Å². The molecule has 1 aliphatic rings. The van der Waals surface area contributed by atoms with Crippen LogP contribution in [0, 0.1) is 13.8 Å². The Bertz CT molecular complexity index is 509. The zero-order valence-corrected chi connectivity index (χ0v) is 12.4. The zero-order valence-electron chi connectivity index (χ0n) is 12.4. The molecule has 116 valence electrons. The fraction of sp³-hybridized carbons (Fsp3) is 0.615. The summed E-state index contributed by atoms with van der Waals surface area (Å²) in [7, 11) is 1.33. The third-order valence-corrected chi connectivity index (χ3v) is 3.45. The molecular weight excluding hydrogens is 276 g/mol. The number of nitrogens with one attached hydrogen (secondary N) is 2. The van der Waals surface area contributed by atoms with Gasteiger partial charge in [0.1, 0.15) is 6.04 Å². The molecule has 0 saturated carbocycles. The van der Waals surface area contributed by atoms with E-state index in [1.165, 1.54) is 7.11 Å². The fourth-order valence-corrected chi connectivity index (χ4v) is 2.28. The molecule has 0 aliphatic carbocycles. The summed E-state index contributed by atoms with van der Waals surface area (Å²) >= 11 is 0. The van der Waals surface area contributed by atoms with E-state index in [2.05, 4.69) is 15.5 Å². The number of carbonyl (C=O) groups excluding carboxylic acids is 2. The molecule has 1 aliphatic heterocycles. The Hall–Kier alpha value is -1.93. The average Bonchev–Trinajstić information content (AvgIpc) is 2.79. The third-order valence-electron chi connectivity index (χ3n) is 3.45. The summed E-state index contributed by atoms with van der Waals surface area (Å²) in [5, 5.41) is 9.65. The topological polar surface area (TPSA) is 96.6 Å². The Morgan fingerprint density at radius 3 is 2.90 bits per heavy atom. The Balaban J connectivity index is 1.99. The number of rotatable bonds is 4. The van der Waals surface area contributed by atoms with Gasteiger partial charge in [0.25, 0.3) is 0 Å². The van der Waals surface area contributed by atoms with Crippen molar-refractivity contribution in [1.82, 2.24) is 15.1 Å². The summed E-state index contributed by atoms with van der Waals surface area (Å²) in [4.78, 5) is 25.6. The van der Waals surface area contributed by atoms with E-state index < -0.39 is 12.0 Å². The Labute approximate surface area is 122 Å². The van der Waals surface area contributed by atoms with Gasteiger partial charge in [-0.15, -0.1) is 0 Å². The third kappa shape index (κ3) is 3.59. The summed E-state index contributed by atoms with van der Waals surface area (Å²) in [6, 6.07) is -0.541. The van der Waals surface area contributed by atoms with Gasteiger partial charge < -0.3 is 14.8 Å². The number of esters is 1. The molecule has 2 rings (SSSR count). The minimum Gasteiger partial charge on any atom is -0.468 e. The van der Waals surface area contributed by atoms with Gasteiger partial charge in [-0.1, -0.05) is 0 Å². The predicted octanol–water partition coefficient (Wildman–Crippen LogP) is -0.161. The summed E-state index contributed by atoms with van der Waals surface area (Å²) in [5.74, 6) is -0.587. The summed E-state index contributed by atoms with van der Waals surface area (Å²) < 4.78 is 10.0. The number of hydrogen-bond acceptors (Lipinski definition) is 6. The highest BCUT2D eigenvalue weighted by Gasteiger charge is 2.31. The first-order valence-corrected chi connectivity index (χ1v) is 6.74. The maximum absolute atomic E-state index is 12.2. The van der Waals surface area contributed by atoms with Crippen molar-refractivity contribution in [3.63, 3.8) is 0 Å². The predicted molar refractivity (Wildman–Crippen MR) is 74.9 cm³/mol. The van der Waals surface area contributed by atoms with Crippen LogP contribution in [0.1, 0.15) is 11.4 Å². The molecule has 1 aromatic rings. The van der Waals surface area contributed by atoms with Gasteiger partial charge in [-0.3, -0.25) is 19.6 Å². The van der Waals surface area contributed by atoms with Gasteiger partial charge in [0.15, 0.2) is 0 Å². The number of H-pyrrole nitrogens is 1. The van der Waals surface area contributed by atoms with Gasteiger partial charge in [-0.2, -0.15) is 5.10 Å². The van der Waals surface area contributed by atoms with Crippen molar-refractivity contribution >= 4 is 17.6 Å². The van der Waals surface area contributed by atoms with Crippen LogP contribution < -0.4 is 5.32 Å². The van der Waals surface area contributed by atoms with Gasteiger partial charge in [-0.05, 0) is 13.8 Å². The molecule has 1 atom stereocenters. The number of aromatic nitrogens is 2. The van der Waals surface area contributed by atoms with Crippen molar-refractivity contribution in [2.75, 3.05) is 38.7 Å². The van der Waals surface area contributed by atoms with Crippen LogP contribution in [-0.4, -0.2) is 66.4 Å². The average molecular weight is 296 g/mol. The van der Waals surface area contributed by atoms with Crippen molar-refractivity contribution in [2.24, 2.45) is 0 Å². The van der Waals surface area contributed by atoms with E-state index in [1.807, 2.05) is 13.8 Å². The number of anilines is 1. The lowest BCUT2D eigenvalue weighted by Crippen LogP contribution is -2.52. The molecule has 1 fully saturated rings. The molecule has 8 heteroatoms. The van der Waals surface area contributed by atoms with E-state index in [0.717, 1.165) is 11.4 Å². The lowest BCUT2D eigenvalue weighted by atomic mass is 10.2. The maximum atomic E-state index is 12.2. The first kappa shape index (κ1) is 15.5. The van der Waals surface area contributed by atoms with Crippen LogP contribution in [-0.2, 0) is 19.1 Å². The standard InChI is InChI=1S/C13H20N4O4/c1-8-12(9(2)16-15-8)14-11(18)6-17-4-5-21-7-10(17)13(19)20-3/h10H,4-7H2,1-3H3,(H,14,18)(H,15,16). The molecule has 8 nitrogen and oxygen atoms in total. The lowest BCUT2D eigenvalue weighted by molar-refractivity contribution is -0.153. The maximum Gasteiger partial charge on any atom is 0.325 e. The Morgan fingerprint density at radius 2 is 2.29 bits per heavy atom.